The second-order valence-electron chi connectivity index (χ2n) is 6.05. The van der Waals surface area contributed by atoms with Gasteiger partial charge in [-0.15, -0.1) is 0 Å². The maximum atomic E-state index is 14.4. The summed E-state index contributed by atoms with van der Waals surface area (Å²) >= 11 is 0. The minimum Gasteiger partial charge on any atom is -0.429 e. The first kappa shape index (κ1) is 19.1. The van der Waals surface area contributed by atoms with Crippen molar-refractivity contribution in [1.29, 1.82) is 0 Å². The fourth-order valence-corrected chi connectivity index (χ4v) is 2.79. The van der Waals surface area contributed by atoms with Gasteiger partial charge in [0.15, 0.2) is 17.5 Å². The van der Waals surface area contributed by atoms with E-state index in [1.165, 1.54) is 6.07 Å². The molecule has 27 heavy (non-hydrogen) atoms. The van der Waals surface area contributed by atoms with E-state index in [0.29, 0.717) is 18.1 Å². The van der Waals surface area contributed by atoms with Crippen molar-refractivity contribution >= 4 is 10.8 Å². The lowest BCUT2D eigenvalue weighted by atomic mass is 10.1. The van der Waals surface area contributed by atoms with Crippen LogP contribution in [0.25, 0.3) is 10.8 Å². The molecule has 7 heteroatoms. The zero-order valence-electron chi connectivity index (χ0n) is 14.1. The topological polar surface area (TPSA) is 9.23 Å². The molecule has 0 aromatic heterocycles. The van der Waals surface area contributed by atoms with Crippen molar-refractivity contribution < 1.29 is 31.1 Å². The van der Waals surface area contributed by atoms with Crippen molar-refractivity contribution in [2.75, 3.05) is 0 Å². The molecule has 0 unspecified atom stereocenters. The Morgan fingerprint density at radius 1 is 0.852 bits per heavy atom. The van der Waals surface area contributed by atoms with Crippen molar-refractivity contribution in [3.63, 3.8) is 0 Å². The van der Waals surface area contributed by atoms with Crippen LogP contribution in [0.2, 0.25) is 0 Å². The SMILES string of the molecule is CCCc1ccc(C(F)(F)Oc2ccc3c(F)c(F)c(F)cc3c2)c(F)c1. The molecule has 3 rings (SSSR count). The number of ether oxygens (including phenoxy) is 1. The zero-order valence-corrected chi connectivity index (χ0v) is 14.1. The predicted molar refractivity (Wildman–Crippen MR) is 88.7 cm³/mol. The Balaban J connectivity index is 1.95. The third kappa shape index (κ3) is 3.72. The molecule has 3 aromatic carbocycles. The molecule has 0 heterocycles. The van der Waals surface area contributed by atoms with Crippen LogP contribution in [0.4, 0.5) is 26.3 Å². The molecule has 142 valence electrons. The molecule has 0 aliphatic rings. The Bertz CT molecular complexity index is 999. The summed E-state index contributed by atoms with van der Waals surface area (Å²) in [5.74, 6) is -6.11. The summed E-state index contributed by atoms with van der Waals surface area (Å²) in [5, 5.41) is -0.460. The van der Waals surface area contributed by atoms with E-state index in [4.69, 9.17) is 0 Å². The first-order valence-corrected chi connectivity index (χ1v) is 8.16. The minimum absolute atomic E-state index is 0.168. The Kier molecular flexibility index (Phi) is 5.04. The number of aryl methyl sites for hydroxylation is 1. The van der Waals surface area contributed by atoms with E-state index in [2.05, 4.69) is 4.74 Å². The number of rotatable bonds is 5. The van der Waals surface area contributed by atoms with Gasteiger partial charge in [0.2, 0.25) is 0 Å². The van der Waals surface area contributed by atoms with Crippen LogP contribution in [0, 0.1) is 23.3 Å². The largest absolute Gasteiger partial charge is 0.429 e. The first-order chi connectivity index (χ1) is 12.7. The van der Waals surface area contributed by atoms with Crippen LogP contribution in [0.3, 0.4) is 0 Å². The molecule has 0 saturated heterocycles. The van der Waals surface area contributed by atoms with E-state index in [-0.39, 0.29) is 10.8 Å². The summed E-state index contributed by atoms with van der Waals surface area (Å²) < 4.78 is 87.7. The molecule has 0 saturated carbocycles. The lowest BCUT2D eigenvalue weighted by Crippen LogP contribution is -2.23. The summed E-state index contributed by atoms with van der Waals surface area (Å²) in [6.07, 6.45) is -2.74. The average Bonchev–Trinajstić information content (AvgIpc) is 2.59. The summed E-state index contributed by atoms with van der Waals surface area (Å²) in [6.45, 7) is 1.88. The van der Waals surface area contributed by atoms with E-state index in [1.54, 1.807) is 0 Å². The Morgan fingerprint density at radius 2 is 1.59 bits per heavy atom. The second kappa shape index (κ2) is 7.13. The quantitative estimate of drug-likeness (QED) is 0.362. The Morgan fingerprint density at radius 3 is 2.26 bits per heavy atom. The molecule has 0 atom stereocenters. The molecule has 3 aromatic rings. The van der Waals surface area contributed by atoms with E-state index in [9.17, 15) is 26.3 Å². The maximum absolute atomic E-state index is 14.4. The van der Waals surface area contributed by atoms with Gasteiger partial charge in [-0.3, -0.25) is 0 Å². The van der Waals surface area contributed by atoms with Gasteiger partial charge in [0.25, 0.3) is 0 Å². The van der Waals surface area contributed by atoms with Gasteiger partial charge in [-0.1, -0.05) is 19.4 Å². The summed E-state index contributed by atoms with van der Waals surface area (Å²) in [4.78, 5) is 0. The summed E-state index contributed by atoms with van der Waals surface area (Å²) in [5.41, 5.74) is -0.382. The van der Waals surface area contributed by atoms with Gasteiger partial charge in [0.1, 0.15) is 11.6 Å². The molecule has 0 amide bonds. The van der Waals surface area contributed by atoms with Crippen LogP contribution in [-0.2, 0) is 12.5 Å². The van der Waals surface area contributed by atoms with E-state index < -0.39 is 40.7 Å². The molecule has 0 spiro atoms. The van der Waals surface area contributed by atoms with E-state index in [0.717, 1.165) is 36.8 Å². The van der Waals surface area contributed by atoms with E-state index >= 15 is 0 Å². The fraction of sp³-hybridized carbons (Fsp3) is 0.200. The Hall–Kier alpha value is -2.70. The van der Waals surface area contributed by atoms with E-state index in [1.807, 2.05) is 6.92 Å². The first-order valence-electron chi connectivity index (χ1n) is 8.16. The number of hydrogen-bond donors (Lipinski definition) is 0. The molecule has 0 aliphatic carbocycles. The van der Waals surface area contributed by atoms with Crippen LogP contribution in [0.1, 0.15) is 24.5 Å². The van der Waals surface area contributed by atoms with Gasteiger partial charge in [0.05, 0.1) is 5.56 Å². The third-order valence-electron chi connectivity index (χ3n) is 4.08. The van der Waals surface area contributed by atoms with Gasteiger partial charge in [-0.25, -0.2) is 17.6 Å². The molecule has 0 bridgehead atoms. The van der Waals surface area contributed by atoms with Crippen molar-refractivity contribution in [2.45, 2.75) is 25.9 Å². The smallest absolute Gasteiger partial charge is 0.429 e. The molecular formula is C20H14F6O. The highest BCUT2D eigenvalue weighted by Gasteiger charge is 2.37. The van der Waals surface area contributed by atoms with Crippen LogP contribution in [0.5, 0.6) is 5.75 Å². The van der Waals surface area contributed by atoms with Crippen LogP contribution < -0.4 is 4.74 Å². The maximum Gasteiger partial charge on any atom is 0.429 e. The third-order valence-corrected chi connectivity index (χ3v) is 4.08. The number of benzene rings is 3. The van der Waals surface area contributed by atoms with Crippen molar-refractivity contribution in [3.05, 3.63) is 76.9 Å². The van der Waals surface area contributed by atoms with Gasteiger partial charge < -0.3 is 4.74 Å². The van der Waals surface area contributed by atoms with Crippen LogP contribution in [-0.4, -0.2) is 0 Å². The number of halogens is 6. The predicted octanol–water partition coefficient (Wildman–Crippen LogP) is 6.48. The lowest BCUT2D eigenvalue weighted by Gasteiger charge is -2.19. The molecule has 0 aliphatic heterocycles. The number of alkyl halides is 2. The number of fused-ring (bicyclic) bond motifs is 1. The van der Waals surface area contributed by atoms with Crippen LogP contribution in [0.15, 0.2) is 42.5 Å². The van der Waals surface area contributed by atoms with Crippen LogP contribution >= 0.6 is 0 Å². The summed E-state index contributed by atoms with van der Waals surface area (Å²) in [7, 11) is 0. The minimum atomic E-state index is -4.01. The number of hydrogen-bond acceptors (Lipinski definition) is 1. The monoisotopic (exact) mass is 384 g/mol. The molecule has 0 N–H and O–H groups in total. The van der Waals surface area contributed by atoms with Gasteiger partial charge in [-0.05, 0) is 53.8 Å². The standard InChI is InChI=1S/C20H14F6O/c1-2-3-11-4-7-15(16(21)8-11)20(25,26)27-13-5-6-14-12(9-13)10-17(22)19(24)18(14)23/h4-10H,2-3H2,1H3. The molecular weight excluding hydrogens is 370 g/mol. The van der Waals surface area contributed by atoms with Gasteiger partial charge in [0, 0.05) is 5.39 Å². The fourth-order valence-electron chi connectivity index (χ4n) is 2.79. The van der Waals surface area contributed by atoms with Crippen molar-refractivity contribution in [2.24, 2.45) is 0 Å². The second-order valence-corrected chi connectivity index (χ2v) is 6.05. The van der Waals surface area contributed by atoms with Crippen molar-refractivity contribution in [3.8, 4) is 5.75 Å². The Labute approximate surface area is 151 Å². The highest BCUT2D eigenvalue weighted by molar-refractivity contribution is 5.84. The van der Waals surface area contributed by atoms with Crippen molar-refractivity contribution in [1.82, 2.24) is 0 Å². The van der Waals surface area contributed by atoms with Gasteiger partial charge >= 0.3 is 6.11 Å². The normalized spacial score (nSPS) is 11.8. The zero-order chi connectivity index (χ0) is 19.8. The lowest BCUT2D eigenvalue weighted by molar-refractivity contribution is -0.187. The highest BCUT2D eigenvalue weighted by Crippen LogP contribution is 2.35. The molecule has 1 nitrogen and oxygen atoms in total. The average molecular weight is 384 g/mol. The highest BCUT2D eigenvalue weighted by atomic mass is 19.3. The summed E-state index contributed by atoms with van der Waals surface area (Å²) in [6, 6.07) is 6.89. The molecule has 0 fully saturated rings. The van der Waals surface area contributed by atoms with Gasteiger partial charge in [-0.2, -0.15) is 8.78 Å². The molecule has 0 radical (unpaired) electrons.